The molecule has 1 aromatic carbocycles. The van der Waals surface area contributed by atoms with Gasteiger partial charge >= 0.3 is 24.3 Å². The average Bonchev–Trinajstić information content (AvgIpc) is 3.15. The van der Waals surface area contributed by atoms with Crippen molar-refractivity contribution >= 4 is 17.9 Å². The SMILES string of the molecule is Fc1cccc(CN2CCOCC3(CCN(c4ncccn4)C3)C2)c1.O=C(O)C(F)(F)F.O=C(O)C(F)(F)F. The van der Waals surface area contributed by atoms with Crippen molar-refractivity contribution in [3.63, 3.8) is 0 Å². The number of aromatic nitrogens is 2. The highest BCUT2D eigenvalue weighted by Crippen LogP contribution is 2.35. The molecule has 1 atom stereocenters. The van der Waals surface area contributed by atoms with Gasteiger partial charge in [0.15, 0.2) is 0 Å². The highest BCUT2D eigenvalue weighted by atomic mass is 19.4. The van der Waals surface area contributed by atoms with Gasteiger partial charge < -0.3 is 19.8 Å². The van der Waals surface area contributed by atoms with Crippen molar-refractivity contribution < 1.29 is 55.3 Å². The van der Waals surface area contributed by atoms with Gasteiger partial charge in [0.05, 0.1) is 13.2 Å². The molecule has 2 saturated heterocycles. The van der Waals surface area contributed by atoms with Crippen LogP contribution in [0, 0.1) is 11.2 Å². The Bertz CT molecular complexity index is 1060. The zero-order valence-electron chi connectivity index (χ0n) is 20.3. The normalized spacial score (nSPS) is 19.8. The molecule has 1 spiro atoms. The van der Waals surface area contributed by atoms with E-state index in [0.29, 0.717) is 0 Å². The van der Waals surface area contributed by atoms with Crippen LogP contribution in [0.25, 0.3) is 0 Å². The molecule has 2 aliphatic heterocycles. The maximum Gasteiger partial charge on any atom is 0.490 e. The molecule has 2 fully saturated rings. The number of ether oxygens (including phenoxy) is 1. The molecule has 1 unspecified atom stereocenters. The largest absolute Gasteiger partial charge is 0.490 e. The third kappa shape index (κ3) is 10.6. The maximum absolute atomic E-state index is 13.5. The van der Waals surface area contributed by atoms with Crippen LogP contribution in [-0.4, -0.2) is 88.8 Å². The average molecular weight is 570 g/mol. The molecule has 3 heterocycles. The van der Waals surface area contributed by atoms with E-state index >= 15 is 0 Å². The standard InChI is InChI=1S/C19H23FN4O.2C2HF3O2/c20-17-4-1-3-16(11-17)12-23-9-10-25-15-19(13-23)5-8-24(14-19)18-21-6-2-7-22-18;2*3-2(4,5)1(6)7/h1-4,6-7,11H,5,8-10,12-15H2;2*(H,6,7). The van der Waals surface area contributed by atoms with Crippen molar-refractivity contribution in [1.82, 2.24) is 14.9 Å². The van der Waals surface area contributed by atoms with Gasteiger partial charge in [-0.05, 0) is 30.2 Å². The van der Waals surface area contributed by atoms with Gasteiger partial charge in [0, 0.05) is 50.5 Å². The Morgan fingerprint density at radius 3 is 2.08 bits per heavy atom. The number of anilines is 1. The van der Waals surface area contributed by atoms with Crippen molar-refractivity contribution in [3.8, 4) is 0 Å². The predicted octanol–water partition coefficient (Wildman–Crippen LogP) is 3.61. The van der Waals surface area contributed by atoms with Crippen LogP contribution in [-0.2, 0) is 20.9 Å². The van der Waals surface area contributed by atoms with E-state index in [1.807, 2.05) is 12.1 Å². The summed E-state index contributed by atoms with van der Waals surface area (Å²) in [6, 6.07) is 8.71. The molecule has 216 valence electrons. The number of alkyl halides is 6. The molecule has 0 aliphatic carbocycles. The summed E-state index contributed by atoms with van der Waals surface area (Å²) >= 11 is 0. The van der Waals surface area contributed by atoms with Gasteiger partial charge in [-0.3, -0.25) is 4.90 Å². The first-order valence-corrected chi connectivity index (χ1v) is 11.3. The minimum absolute atomic E-state index is 0.0863. The number of carbonyl (C=O) groups is 2. The highest BCUT2D eigenvalue weighted by molar-refractivity contribution is 5.73. The minimum Gasteiger partial charge on any atom is -0.475 e. The molecule has 2 N–H and O–H groups in total. The second-order valence-electron chi connectivity index (χ2n) is 8.72. The van der Waals surface area contributed by atoms with Gasteiger partial charge in [-0.1, -0.05) is 12.1 Å². The summed E-state index contributed by atoms with van der Waals surface area (Å²) in [7, 11) is 0. The van der Waals surface area contributed by atoms with E-state index in [4.69, 9.17) is 24.5 Å². The molecule has 9 nitrogen and oxygen atoms in total. The van der Waals surface area contributed by atoms with Gasteiger partial charge in [-0.15, -0.1) is 0 Å². The first kappa shape index (κ1) is 31.7. The third-order valence-corrected chi connectivity index (χ3v) is 5.57. The molecule has 2 aromatic rings. The van der Waals surface area contributed by atoms with Gasteiger partial charge in [0.1, 0.15) is 5.82 Å². The summed E-state index contributed by atoms with van der Waals surface area (Å²) in [4.78, 5) is 31.2. The highest BCUT2D eigenvalue weighted by Gasteiger charge is 2.42. The zero-order valence-corrected chi connectivity index (χ0v) is 20.3. The second kappa shape index (κ2) is 13.5. The molecule has 39 heavy (non-hydrogen) atoms. The van der Waals surface area contributed by atoms with Crippen LogP contribution < -0.4 is 4.90 Å². The van der Waals surface area contributed by atoms with Crippen molar-refractivity contribution in [2.24, 2.45) is 5.41 Å². The monoisotopic (exact) mass is 570 g/mol. The lowest BCUT2D eigenvalue weighted by atomic mass is 9.87. The van der Waals surface area contributed by atoms with Gasteiger partial charge in [0.25, 0.3) is 0 Å². The number of nitrogens with zero attached hydrogens (tertiary/aromatic N) is 4. The maximum atomic E-state index is 13.5. The van der Waals surface area contributed by atoms with Crippen LogP contribution in [0.2, 0.25) is 0 Å². The van der Waals surface area contributed by atoms with Crippen molar-refractivity contribution in [3.05, 3.63) is 54.1 Å². The van der Waals surface area contributed by atoms with Gasteiger partial charge in [-0.2, -0.15) is 26.3 Å². The van der Waals surface area contributed by atoms with Crippen LogP contribution in [0.4, 0.5) is 36.7 Å². The summed E-state index contributed by atoms with van der Waals surface area (Å²) in [5, 5.41) is 14.2. The minimum atomic E-state index is -5.08. The first-order chi connectivity index (χ1) is 18.1. The van der Waals surface area contributed by atoms with Crippen molar-refractivity contribution in [2.75, 3.05) is 44.3 Å². The summed E-state index contributed by atoms with van der Waals surface area (Å²) in [6.07, 6.45) is -5.54. The summed E-state index contributed by atoms with van der Waals surface area (Å²) in [5.74, 6) is -4.90. The number of aliphatic carboxylic acids is 2. The Morgan fingerprint density at radius 2 is 1.54 bits per heavy atom. The molecule has 1 aromatic heterocycles. The fourth-order valence-corrected chi connectivity index (χ4v) is 3.92. The van der Waals surface area contributed by atoms with Crippen molar-refractivity contribution in [1.29, 1.82) is 0 Å². The number of rotatable bonds is 3. The van der Waals surface area contributed by atoms with Gasteiger partial charge in [0.2, 0.25) is 5.95 Å². The summed E-state index contributed by atoms with van der Waals surface area (Å²) in [6.45, 7) is 5.91. The fraction of sp³-hybridized carbons (Fsp3) is 0.478. The number of hydrogen-bond donors (Lipinski definition) is 2. The van der Waals surface area contributed by atoms with Crippen molar-refractivity contribution in [2.45, 2.75) is 25.3 Å². The molecule has 16 heteroatoms. The van der Waals surface area contributed by atoms with E-state index in [0.717, 1.165) is 63.9 Å². The van der Waals surface area contributed by atoms with Crippen LogP contribution in [0.1, 0.15) is 12.0 Å². The molecule has 4 rings (SSSR count). The summed E-state index contributed by atoms with van der Waals surface area (Å²) < 4.78 is 82.9. The Kier molecular flexibility index (Phi) is 11.0. The lowest BCUT2D eigenvalue weighted by Gasteiger charge is -2.31. The molecule has 0 saturated carbocycles. The van der Waals surface area contributed by atoms with Crippen LogP contribution in [0.15, 0.2) is 42.7 Å². The lowest BCUT2D eigenvalue weighted by molar-refractivity contribution is -0.193. The van der Waals surface area contributed by atoms with Crippen LogP contribution >= 0.6 is 0 Å². The second-order valence-corrected chi connectivity index (χ2v) is 8.72. The molecular formula is C23H25F7N4O5. The van der Waals surface area contributed by atoms with E-state index in [-0.39, 0.29) is 11.2 Å². The van der Waals surface area contributed by atoms with E-state index in [1.54, 1.807) is 24.5 Å². The molecule has 0 radical (unpaired) electrons. The number of carboxylic acid groups (broad SMARTS) is 2. The van der Waals surface area contributed by atoms with E-state index in [2.05, 4.69) is 19.8 Å². The molecular weight excluding hydrogens is 545 g/mol. The number of carboxylic acids is 2. The Hall–Kier alpha value is -3.53. The Morgan fingerprint density at radius 1 is 0.949 bits per heavy atom. The van der Waals surface area contributed by atoms with E-state index in [9.17, 15) is 30.7 Å². The van der Waals surface area contributed by atoms with Crippen LogP contribution in [0.5, 0.6) is 0 Å². The van der Waals surface area contributed by atoms with Gasteiger partial charge in [-0.25, -0.2) is 23.9 Å². The predicted molar refractivity (Wildman–Crippen MR) is 121 cm³/mol. The number of halogens is 7. The summed E-state index contributed by atoms with van der Waals surface area (Å²) in [5.41, 5.74) is 1.10. The quantitative estimate of drug-likeness (QED) is 0.534. The Labute approximate surface area is 217 Å². The lowest BCUT2D eigenvalue weighted by Crippen LogP contribution is -2.40. The molecule has 0 amide bonds. The molecule has 2 aliphatic rings. The zero-order chi connectivity index (χ0) is 29.3. The topological polar surface area (TPSA) is 116 Å². The first-order valence-electron chi connectivity index (χ1n) is 11.3. The van der Waals surface area contributed by atoms with Crippen LogP contribution in [0.3, 0.4) is 0 Å². The Balaban J connectivity index is 0.000000317. The third-order valence-electron chi connectivity index (χ3n) is 5.57. The number of benzene rings is 1. The smallest absolute Gasteiger partial charge is 0.475 e. The molecule has 0 bridgehead atoms. The fourth-order valence-electron chi connectivity index (χ4n) is 3.92. The van der Waals surface area contributed by atoms with E-state index < -0.39 is 24.3 Å². The van der Waals surface area contributed by atoms with E-state index in [1.165, 1.54) is 6.07 Å². The number of hydrogen-bond acceptors (Lipinski definition) is 7.